The van der Waals surface area contributed by atoms with E-state index >= 15 is 0 Å². The van der Waals surface area contributed by atoms with Crippen molar-refractivity contribution in [3.63, 3.8) is 0 Å². The van der Waals surface area contributed by atoms with Gasteiger partial charge >= 0.3 is 0 Å². The van der Waals surface area contributed by atoms with Gasteiger partial charge in [-0.05, 0) is 36.6 Å². The molecule has 15 heavy (non-hydrogen) atoms. The molecule has 1 aliphatic rings. The Morgan fingerprint density at radius 1 is 1.53 bits per heavy atom. The molecule has 0 aromatic heterocycles. The molecule has 1 atom stereocenters. The molecule has 0 radical (unpaired) electrons. The fraction of sp³-hybridized carbons (Fsp3) is 0.500. The molecule has 1 aromatic carbocycles. The van der Waals surface area contributed by atoms with E-state index < -0.39 is 0 Å². The summed E-state index contributed by atoms with van der Waals surface area (Å²) in [5.41, 5.74) is 2.54. The zero-order valence-corrected chi connectivity index (χ0v) is 9.90. The summed E-state index contributed by atoms with van der Waals surface area (Å²) in [5.74, 6) is 0. The van der Waals surface area contributed by atoms with Crippen LogP contribution in [0.25, 0.3) is 0 Å². The van der Waals surface area contributed by atoms with Gasteiger partial charge in [0, 0.05) is 17.8 Å². The van der Waals surface area contributed by atoms with Gasteiger partial charge in [-0.15, -0.1) is 0 Å². The molecule has 1 aliphatic heterocycles. The summed E-state index contributed by atoms with van der Waals surface area (Å²) in [7, 11) is 1.75. The monoisotopic (exact) mass is 225 g/mol. The van der Waals surface area contributed by atoms with Crippen LogP contribution < -0.4 is 5.32 Å². The molecule has 0 aliphatic carbocycles. The predicted octanol–water partition coefficient (Wildman–Crippen LogP) is 3.10. The molecule has 0 bridgehead atoms. The number of nitrogens with one attached hydrogen (secondary N) is 1. The van der Waals surface area contributed by atoms with Crippen molar-refractivity contribution in [3.8, 4) is 0 Å². The molecule has 3 heteroatoms. The van der Waals surface area contributed by atoms with E-state index in [1.165, 1.54) is 11.3 Å². The van der Waals surface area contributed by atoms with Crippen LogP contribution in [0, 0.1) is 0 Å². The van der Waals surface area contributed by atoms with Gasteiger partial charge in [-0.25, -0.2) is 0 Å². The van der Waals surface area contributed by atoms with Crippen molar-refractivity contribution in [2.75, 3.05) is 19.0 Å². The fourth-order valence-electron chi connectivity index (χ4n) is 2.20. The van der Waals surface area contributed by atoms with Crippen molar-refractivity contribution in [2.24, 2.45) is 0 Å². The van der Waals surface area contributed by atoms with Crippen molar-refractivity contribution >= 4 is 17.3 Å². The maximum absolute atomic E-state index is 5.98. The van der Waals surface area contributed by atoms with Gasteiger partial charge in [0.2, 0.25) is 0 Å². The van der Waals surface area contributed by atoms with Gasteiger partial charge in [-0.1, -0.05) is 18.5 Å². The summed E-state index contributed by atoms with van der Waals surface area (Å²) >= 11 is 5.98. The highest BCUT2D eigenvalue weighted by molar-refractivity contribution is 6.30. The third-order valence-corrected chi connectivity index (χ3v) is 3.33. The number of benzene rings is 1. The number of ether oxygens (including phenoxy) is 1. The quantitative estimate of drug-likeness (QED) is 0.854. The summed E-state index contributed by atoms with van der Waals surface area (Å²) in [5, 5.41) is 4.35. The first kappa shape index (κ1) is 10.8. The standard InChI is InChI=1S/C12H16ClNO/c1-3-12(8-15-2)7-9-6-10(13)4-5-11(9)14-12/h4-6,14H,3,7-8H2,1-2H3. The summed E-state index contributed by atoms with van der Waals surface area (Å²) in [6.45, 7) is 2.91. The van der Waals surface area contributed by atoms with Crippen LogP contribution in [0.15, 0.2) is 18.2 Å². The lowest BCUT2D eigenvalue weighted by Crippen LogP contribution is -2.40. The SMILES string of the molecule is CCC1(COC)Cc2cc(Cl)ccc2N1. The van der Waals surface area contributed by atoms with Crippen molar-refractivity contribution in [1.82, 2.24) is 0 Å². The molecule has 2 rings (SSSR count). The second-order valence-corrected chi connectivity index (χ2v) is 4.61. The van der Waals surface area contributed by atoms with Crippen LogP contribution in [0.2, 0.25) is 5.02 Å². The molecule has 1 aromatic rings. The first-order chi connectivity index (χ1) is 7.19. The summed E-state index contributed by atoms with van der Waals surface area (Å²) in [6, 6.07) is 6.01. The van der Waals surface area contributed by atoms with Gasteiger partial charge < -0.3 is 10.1 Å². The van der Waals surface area contributed by atoms with E-state index in [9.17, 15) is 0 Å². The van der Waals surface area contributed by atoms with Gasteiger partial charge in [-0.3, -0.25) is 0 Å². The van der Waals surface area contributed by atoms with E-state index in [1.807, 2.05) is 18.2 Å². The summed E-state index contributed by atoms with van der Waals surface area (Å²) < 4.78 is 5.29. The molecule has 0 spiro atoms. The maximum Gasteiger partial charge on any atom is 0.0695 e. The average molecular weight is 226 g/mol. The lowest BCUT2D eigenvalue weighted by molar-refractivity contribution is 0.143. The van der Waals surface area contributed by atoms with Crippen molar-refractivity contribution in [1.29, 1.82) is 0 Å². The van der Waals surface area contributed by atoms with E-state index in [2.05, 4.69) is 12.2 Å². The van der Waals surface area contributed by atoms with Crippen molar-refractivity contribution in [3.05, 3.63) is 28.8 Å². The number of hydrogen-bond donors (Lipinski definition) is 1. The molecule has 0 fully saturated rings. The van der Waals surface area contributed by atoms with E-state index in [4.69, 9.17) is 16.3 Å². The minimum atomic E-state index is 0.0573. The third-order valence-electron chi connectivity index (χ3n) is 3.09. The average Bonchev–Trinajstić information content (AvgIpc) is 2.56. The number of anilines is 1. The number of halogens is 1. The van der Waals surface area contributed by atoms with Gasteiger partial charge in [0.05, 0.1) is 12.1 Å². The number of fused-ring (bicyclic) bond motifs is 1. The fourth-order valence-corrected chi connectivity index (χ4v) is 2.40. The molecule has 1 N–H and O–H groups in total. The lowest BCUT2D eigenvalue weighted by Gasteiger charge is -2.27. The lowest BCUT2D eigenvalue weighted by atomic mass is 9.93. The molecule has 82 valence electrons. The molecule has 0 amide bonds. The van der Waals surface area contributed by atoms with Crippen LogP contribution in [0.4, 0.5) is 5.69 Å². The molecule has 0 saturated carbocycles. The topological polar surface area (TPSA) is 21.3 Å². The van der Waals surface area contributed by atoms with Gasteiger partial charge in [0.25, 0.3) is 0 Å². The van der Waals surface area contributed by atoms with E-state index in [0.29, 0.717) is 0 Å². The van der Waals surface area contributed by atoms with Gasteiger partial charge in [0.15, 0.2) is 0 Å². The van der Waals surface area contributed by atoms with Crippen LogP contribution in [0.1, 0.15) is 18.9 Å². The third kappa shape index (κ3) is 1.97. The van der Waals surface area contributed by atoms with Crippen LogP contribution in [0.3, 0.4) is 0 Å². The van der Waals surface area contributed by atoms with Crippen molar-refractivity contribution < 1.29 is 4.74 Å². The Morgan fingerprint density at radius 3 is 3.00 bits per heavy atom. The molecule has 2 nitrogen and oxygen atoms in total. The zero-order chi connectivity index (χ0) is 10.9. The Kier molecular flexibility index (Phi) is 2.89. The van der Waals surface area contributed by atoms with Crippen LogP contribution in [-0.2, 0) is 11.2 Å². The van der Waals surface area contributed by atoms with Gasteiger partial charge in [0.1, 0.15) is 0 Å². The predicted molar refractivity (Wildman–Crippen MR) is 63.7 cm³/mol. The molecular formula is C12H16ClNO. The van der Waals surface area contributed by atoms with E-state index in [1.54, 1.807) is 7.11 Å². The Bertz CT molecular complexity index is 367. The smallest absolute Gasteiger partial charge is 0.0695 e. The Morgan fingerprint density at radius 2 is 2.33 bits per heavy atom. The highest BCUT2D eigenvalue weighted by atomic mass is 35.5. The Hall–Kier alpha value is -0.730. The molecular weight excluding hydrogens is 210 g/mol. The first-order valence-electron chi connectivity index (χ1n) is 5.25. The second-order valence-electron chi connectivity index (χ2n) is 4.17. The molecule has 0 saturated heterocycles. The van der Waals surface area contributed by atoms with Gasteiger partial charge in [-0.2, -0.15) is 0 Å². The molecule has 1 heterocycles. The van der Waals surface area contributed by atoms with Crippen LogP contribution >= 0.6 is 11.6 Å². The Labute approximate surface area is 95.6 Å². The van der Waals surface area contributed by atoms with Crippen LogP contribution in [0.5, 0.6) is 0 Å². The summed E-state index contributed by atoms with van der Waals surface area (Å²) in [4.78, 5) is 0. The largest absolute Gasteiger partial charge is 0.382 e. The highest BCUT2D eigenvalue weighted by Gasteiger charge is 2.35. The summed E-state index contributed by atoms with van der Waals surface area (Å²) in [6.07, 6.45) is 2.04. The number of rotatable bonds is 3. The van der Waals surface area contributed by atoms with E-state index in [-0.39, 0.29) is 5.54 Å². The minimum absolute atomic E-state index is 0.0573. The first-order valence-corrected chi connectivity index (χ1v) is 5.62. The molecule has 1 unspecified atom stereocenters. The number of methoxy groups -OCH3 is 1. The van der Waals surface area contributed by atoms with E-state index in [0.717, 1.165) is 24.5 Å². The normalized spacial score (nSPS) is 23.7. The second kappa shape index (κ2) is 4.03. The Balaban J connectivity index is 2.26. The number of hydrogen-bond acceptors (Lipinski definition) is 2. The minimum Gasteiger partial charge on any atom is -0.382 e. The van der Waals surface area contributed by atoms with Crippen LogP contribution in [-0.4, -0.2) is 19.3 Å². The maximum atomic E-state index is 5.98. The van der Waals surface area contributed by atoms with Crippen molar-refractivity contribution in [2.45, 2.75) is 25.3 Å². The zero-order valence-electron chi connectivity index (χ0n) is 9.14. The highest BCUT2D eigenvalue weighted by Crippen LogP contribution is 2.36.